The maximum Gasteiger partial charge on any atom is 0.223 e. The second-order valence-electron chi connectivity index (χ2n) is 5.78. The SMILES string of the molecule is CN(C)C(=O)CCNC1CCCCC1(C)C. The number of rotatable bonds is 4. The molecule has 1 saturated carbocycles. The fourth-order valence-electron chi connectivity index (χ4n) is 2.45. The molecule has 0 aromatic rings. The van der Waals surface area contributed by atoms with Crippen LogP contribution in [0.4, 0.5) is 0 Å². The lowest BCUT2D eigenvalue weighted by atomic mass is 9.73. The molecule has 0 spiro atoms. The molecule has 1 amide bonds. The number of carbonyl (C=O) groups excluding carboxylic acids is 1. The van der Waals surface area contributed by atoms with Crippen molar-refractivity contribution < 1.29 is 4.79 Å². The summed E-state index contributed by atoms with van der Waals surface area (Å²) in [6.07, 6.45) is 5.83. The molecule has 1 aliphatic rings. The van der Waals surface area contributed by atoms with Crippen molar-refractivity contribution in [1.29, 1.82) is 0 Å². The molecule has 0 aromatic heterocycles. The van der Waals surface area contributed by atoms with Crippen molar-refractivity contribution in [3.8, 4) is 0 Å². The third-order valence-electron chi connectivity index (χ3n) is 3.74. The number of hydrogen-bond acceptors (Lipinski definition) is 2. The van der Waals surface area contributed by atoms with Gasteiger partial charge in [-0.25, -0.2) is 0 Å². The van der Waals surface area contributed by atoms with Gasteiger partial charge in [0.25, 0.3) is 0 Å². The third kappa shape index (κ3) is 3.78. The van der Waals surface area contributed by atoms with Crippen LogP contribution in [0.5, 0.6) is 0 Å². The van der Waals surface area contributed by atoms with Crippen LogP contribution in [0, 0.1) is 5.41 Å². The van der Waals surface area contributed by atoms with E-state index in [2.05, 4.69) is 19.2 Å². The van der Waals surface area contributed by atoms with Crippen LogP contribution in [0.25, 0.3) is 0 Å². The molecule has 0 heterocycles. The van der Waals surface area contributed by atoms with Crippen LogP contribution < -0.4 is 5.32 Å². The first-order chi connectivity index (χ1) is 7.43. The van der Waals surface area contributed by atoms with Gasteiger partial charge in [-0.2, -0.15) is 0 Å². The van der Waals surface area contributed by atoms with E-state index >= 15 is 0 Å². The maximum absolute atomic E-state index is 11.4. The minimum absolute atomic E-state index is 0.209. The van der Waals surface area contributed by atoms with E-state index in [-0.39, 0.29) is 5.91 Å². The van der Waals surface area contributed by atoms with E-state index in [1.165, 1.54) is 25.7 Å². The molecule has 0 bridgehead atoms. The fraction of sp³-hybridized carbons (Fsp3) is 0.923. The van der Waals surface area contributed by atoms with E-state index in [9.17, 15) is 4.79 Å². The predicted octanol–water partition coefficient (Wildman–Crippen LogP) is 2.02. The molecule has 0 aromatic carbocycles. The lowest BCUT2D eigenvalue weighted by Crippen LogP contribution is -2.45. The highest BCUT2D eigenvalue weighted by Crippen LogP contribution is 2.35. The van der Waals surface area contributed by atoms with Gasteiger partial charge in [0.05, 0.1) is 0 Å². The van der Waals surface area contributed by atoms with Crippen molar-refractivity contribution in [2.45, 2.75) is 52.0 Å². The Morgan fingerprint density at radius 2 is 2.06 bits per heavy atom. The number of nitrogens with zero attached hydrogens (tertiary/aromatic N) is 1. The van der Waals surface area contributed by atoms with Gasteiger partial charge in [-0.1, -0.05) is 26.7 Å². The van der Waals surface area contributed by atoms with Gasteiger partial charge in [-0.05, 0) is 18.3 Å². The van der Waals surface area contributed by atoms with Gasteiger partial charge >= 0.3 is 0 Å². The highest BCUT2D eigenvalue weighted by Gasteiger charge is 2.31. The van der Waals surface area contributed by atoms with Gasteiger partial charge in [0.1, 0.15) is 0 Å². The normalized spacial score (nSPS) is 24.1. The van der Waals surface area contributed by atoms with Crippen LogP contribution in [0.1, 0.15) is 46.0 Å². The molecule has 1 rings (SSSR count). The molecule has 0 aliphatic heterocycles. The average molecular weight is 226 g/mol. The lowest BCUT2D eigenvalue weighted by molar-refractivity contribution is -0.128. The Hall–Kier alpha value is -0.570. The Morgan fingerprint density at radius 1 is 1.38 bits per heavy atom. The van der Waals surface area contributed by atoms with Gasteiger partial charge < -0.3 is 10.2 Å². The molecule has 94 valence electrons. The average Bonchev–Trinajstić information content (AvgIpc) is 2.19. The summed E-state index contributed by atoms with van der Waals surface area (Å²) in [6, 6.07) is 0.580. The van der Waals surface area contributed by atoms with Crippen LogP contribution in [0.15, 0.2) is 0 Å². The first-order valence-electron chi connectivity index (χ1n) is 6.37. The Morgan fingerprint density at radius 3 is 2.62 bits per heavy atom. The summed E-state index contributed by atoms with van der Waals surface area (Å²) in [7, 11) is 3.62. The minimum Gasteiger partial charge on any atom is -0.349 e. The van der Waals surface area contributed by atoms with Gasteiger partial charge in [0.15, 0.2) is 0 Å². The first-order valence-corrected chi connectivity index (χ1v) is 6.37. The largest absolute Gasteiger partial charge is 0.349 e. The van der Waals surface area contributed by atoms with E-state index in [4.69, 9.17) is 0 Å². The van der Waals surface area contributed by atoms with Crippen LogP contribution in [0.2, 0.25) is 0 Å². The molecule has 1 atom stereocenters. The van der Waals surface area contributed by atoms with Crippen molar-refractivity contribution in [1.82, 2.24) is 10.2 Å². The molecule has 1 aliphatic carbocycles. The zero-order valence-electron chi connectivity index (χ0n) is 11.2. The molecule has 1 fully saturated rings. The van der Waals surface area contributed by atoms with Crippen molar-refractivity contribution >= 4 is 5.91 Å². The summed E-state index contributed by atoms with van der Waals surface area (Å²) in [4.78, 5) is 13.1. The first kappa shape index (κ1) is 13.5. The third-order valence-corrected chi connectivity index (χ3v) is 3.74. The second-order valence-corrected chi connectivity index (χ2v) is 5.78. The summed E-state index contributed by atoms with van der Waals surface area (Å²) in [5.41, 5.74) is 0.388. The summed E-state index contributed by atoms with van der Waals surface area (Å²) >= 11 is 0. The van der Waals surface area contributed by atoms with Gasteiger partial charge in [-0.15, -0.1) is 0 Å². The van der Waals surface area contributed by atoms with Crippen LogP contribution in [-0.2, 0) is 4.79 Å². The quantitative estimate of drug-likeness (QED) is 0.795. The predicted molar refractivity (Wildman–Crippen MR) is 67.4 cm³/mol. The zero-order chi connectivity index (χ0) is 12.2. The van der Waals surface area contributed by atoms with E-state index in [0.29, 0.717) is 17.9 Å². The standard InChI is InChI=1S/C13H26N2O/c1-13(2)9-6-5-7-11(13)14-10-8-12(16)15(3)4/h11,14H,5-10H2,1-4H3. The zero-order valence-corrected chi connectivity index (χ0v) is 11.2. The molecule has 3 heteroatoms. The van der Waals surface area contributed by atoms with Gasteiger partial charge in [0, 0.05) is 33.1 Å². The Balaban J connectivity index is 2.29. The second kappa shape index (κ2) is 5.67. The lowest BCUT2D eigenvalue weighted by Gasteiger charge is -2.39. The van der Waals surface area contributed by atoms with E-state index in [0.717, 1.165) is 6.54 Å². The molecule has 0 radical (unpaired) electrons. The fourth-order valence-corrected chi connectivity index (χ4v) is 2.45. The van der Waals surface area contributed by atoms with Gasteiger partial charge in [-0.3, -0.25) is 4.79 Å². The van der Waals surface area contributed by atoms with Crippen LogP contribution in [0.3, 0.4) is 0 Å². The van der Waals surface area contributed by atoms with Crippen LogP contribution in [-0.4, -0.2) is 37.5 Å². The highest BCUT2D eigenvalue weighted by atomic mass is 16.2. The summed E-state index contributed by atoms with van der Waals surface area (Å²) < 4.78 is 0. The maximum atomic E-state index is 11.4. The minimum atomic E-state index is 0.209. The van der Waals surface area contributed by atoms with Crippen molar-refractivity contribution in [2.24, 2.45) is 5.41 Å². The van der Waals surface area contributed by atoms with Crippen LogP contribution >= 0.6 is 0 Å². The Labute approximate surface area is 99.6 Å². The summed E-state index contributed by atoms with van der Waals surface area (Å²) in [5.74, 6) is 0.209. The highest BCUT2D eigenvalue weighted by molar-refractivity contribution is 5.75. The number of carbonyl (C=O) groups is 1. The number of amides is 1. The van der Waals surface area contributed by atoms with Gasteiger partial charge in [0.2, 0.25) is 5.91 Å². The Kier molecular flexibility index (Phi) is 4.78. The Bertz CT molecular complexity index is 236. The molecular weight excluding hydrogens is 200 g/mol. The van der Waals surface area contributed by atoms with Crippen molar-refractivity contribution in [3.05, 3.63) is 0 Å². The number of hydrogen-bond donors (Lipinski definition) is 1. The van der Waals surface area contributed by atoms with E-state index in [1.807, 2.05) is 14.1 Å². The number of nitrogens with one attached hydrogen (secondary N) is 1. The van der Waals surface area contributed by atoms with E-state index < -0.39 is 0 Å². The van der Waals surface area contributed by atoms with E-state index in [1.54, 1.807) is 4.90 Å². The van der Waals surface area contributed by atoms with Crippen molar-refractivity contribution in [3.63, 3.8) is 0 Å². The summed E-state index contributed by atoms with van der Waals surface area (Å²) in [6.45, 7) is 5.47. The monoisotopic (exact) mass is 226 g/mol. The molecule has 0 saturated heterocycles. The molecule has 1 N–H and O–H groups in total. The van der Waals surface area contributed by atoms with Crippen molar-refractivity contribution in [2.75, 3.05) is 20.6 Å². The smallest absolute Gasteiger partial charge is 0.223 e. The molecular formula is C13H26N2O. The molecule has 3 nitrogen and oxygen atoms in total. The molecule has 1 unspecified atom stereocenters. The topological polar surface area (TPSA) is 32.3 Å². The summed E-state index contributed by atoms with van der Waals surface area (Å²) in [5, 5.41) is 3.55. The molecule has 16 heavy (non-hydrogen) atoms.